The molecule has 5 N–H and O–H groups in total. The molecule has 3 aromatic heterocycles. The number of imidazole rings is 1. The molecule has 256 valence electrons. The fourth-order valence-corrected chi connectivity index (χ4v) is 4.12. The summed E-state index contributed by atoms with van der Waals surface area (Å²) in [6.45, 7) is 5.15. The molecule has 1 atom stereocenters. The lowest BCUT2D eigenvalue weighted by Gasteiger charge is -2.31. The van der Waals surface area contributed by atoms with Crippen molar-refractivity contribution < 1.29 is 49.2 Å². The maximum Gasteiger partial charge on any atom is 0.332 e. The standard InChI is InChI=1S/C19H28N8O4.2C4H4O4/c1-23-6-8-26(9-7-23)5-4-15-21-14(22-31-15)10-13(28)11-27-12-20-17-16(27)18(29)25(3)19(30)24(17)2;2*5-3(6)1-2-4(7)8/h12-13,28H,4-11H2,1-3H3;2*1-2H,(H,5,6)(H,7,8)/b;2*2-1-. The fourth-order valence-electron chi connectivity index (χ4n) is 4.12. The third kappa shape index (κ3) is 12.4. The van der Waals surface area contributed by atoms with Gasteiger partial charge in [-0.3, -0.25) is 13.9 Å². The third-order valence-electron chi connectivity index (χ3n) is 6.53. The Morgan fingerprint density at radius 3 is 1.91 bits per heavy atom. The molecule has 0 bridgehead atoms. The summed E-state index contributed by atoms with van der Waals surface area (Å²) in [5, 5.41) is 45.7. The zero-order chi connectivity index (χ0) is 35.3. The van der Waals surface area contributed by atoms with Gasteiger partial charge in [-0.05, 0) is 7.05 Å². The quantitative estimate of drug-likeness (QED) is 0.134. The lowest BCUT2D eigenvalue weighted by atomic mass is 10.2. The molecule has 0 aromatic carbocycles. The zero-order valence-corrected chi connectivity index (χ0v) is 25.8. The van der Waals surface area contributed by atoms with Crippen molar-refractivity contribution in [2.45, 2.75) is 25.5 Å². The Balaban J connectivity index is 0.000000397. The van der Waals surface area contributed by atoms with E-state index in [9.17, 15) is 33.9 Å². The second-order valence-electron chi connectivity index (χ2n) is 10.2. The molecule has 20 nitrogen and oxygen atoms in total. The van der Waals surface area contributed by atoms with Crippen LogP contribution in [0.5, 0.6) is 0 Å². The number of aliphatic hydroxyl groups excluding tert-OH is 1. The first-order chi connectivity index (χ1) is 22.1. The summed E-state index contributed by atoms with van der Waals surface area (Å²) in [5.41, 5.74) is -0.344. The van der Waals surface area contributed by atoms with Crippen LogP contribution < -0.4 is 11.2 Å². The van der Waals surface area contributed by atoms with Crippen molar-refractivity contribution in [3.63, 3.8) is 0 Å². The molecule has 1 fully saturated rings. The van der Waals surface area contributed by atoms with Crippen LogP contribution >= 0.6 is 0 Å². The predicted molar refractivity (Wildman–Crippen MR) is 161 cm³/mol. The molecule has 0 aliphatic carbocycles. The van der Waals surface area contributed by atoms with Gasteiger partial charge in [-0.25, -0.2) is 29.0 Å². The number of likely N-dealkylation sites (N-methyl/N-ethyl adjacent to an activating group) is 1. The number of fused-ring (bicyclic) bond motifs is 1. The van der Waals surface area contributed by atoms with Gasteiger partial charge in [0.15, 0.2) is 17.0 Å². The number of piperazine rings is 1. The Morgan fingerprint density at radius 1 is 0.872 bits per heavy atom. The van der Waals surface area contributed by atoms with E-state index in [4.69, 9.17) is 24.9 Å². The summed E-state index contributed by atoms with van der Waals surface area (Å²) in [6.07, 6.45) is 3.69. The Morgan fingerprint density at radius 2 is 1.40 bits per heavy atom. The van der Waals surface area contributed by atoms with Crippen LogP contribution in [0.2, 0.25) is 0 Å². The minimum atomic E-state index is -1.26. The van der Waals surface area contributed by atoms with Crippen LogP contribution in [0.4, 0.5) is 0 Å². The van der Waals surface area contributed by atoms with Crippen molar-refractivity contribution >= 4 is 35.0 Å². The number of rotatable bonds is 11. The molecule has 3 aromatic rings. The Kier molecular flexibility index (Phi) is 14.3. The molecular weight excluding hydrogens is 628 g/mol. The first-order valence-electron chi connectivity index (χ1n) is 13.9. The number of aryl methyl sites for hydroxylation is 1. The van der Waals surface area contributed by atoms with Gasteiger partial charge in [-0.2, -0.15) is 4.98 Å². The van der Waals surface area contributed by atoms with E-state index in [1.54, 1.807) is 11.6 Å². The second kappa shape index (κ2) is 17.9. The van der Waals surface area contributed by atoms with Crippen LogP contribution in [0.3, 0.4) is 0 Å². The zero-order valence-electron chi connectivity index (χ0n) is 25.8. The summed E-state index contributed by atoms with van der Waals surface area (Å²) in [4.78, 5) is 76.0. The van der Waals surface area contributed by atoms with Gasteiger partial charge in [0.1, 0.15) is 0 Å². The molecule has 0 saturated carbocycles. The summed E-state index contributed by atoms with van der Waals surface area (Å²) >= 11 is 0. The molecule has 20 heteroatoms. The molecule has 0 radical (unpaired) electrons. The number of carboxylic acid groups (broad SMARTS) is 4. The average Bonchev–Trinajstić information content (AvgIpc) is 3.64. The van der Waals surface area contributed by atoms with E-state index in [0.29, 0.717) is 42.4 Å². The number of aromatic nitrogens is 6. The van der Waals surface area contributed by atoms with Crippen molar-refractivity contribution in [3.8, 4) is 0 Å². The topological polar surface area (TPSA) is 277 Å². The number of aliphatic carboxylic acids is 4. The Hall–Kier alpha value is -5.47. The van der Waals surface area contributed by atoms with E-state index in [1.807, 2.05) is 0 Å². The SMILES string of the molecule is CN1CCN(CCc2nc(CC(O)Cn3cnc4c3c(=O)n(C)c(=O)n4C)no2)CC1.O=C(O)/C=C\C(=O)O.O=C(O)/C=C\C(=O)O. The average molecular weight is 665 g/mol. The van der Waals surface area contributed by atoms with E-state index >= 15 is 0 Å². The van der Waals surface area contributed by atoms with Crippen LogP contribution in [0.15, 0.2) is 44.7 Å². The highest BCUT2D eigenvalue weighted by Gasteiger charge is 2.19. The smallest absolute Gasteiger partial charge is 0.332 e. The number of carbonyl (C=O) groups is 4. The van der Waals surface area contributed by atoms with E-state index in [0.717, 1.165) is 37.3 Å². The molecule has 0 amide bonds. The van der Waals surface area contributed by atoms with E-state index in [-0.39, 0.29) is 24.1 Å². The summed E-state index contributed by atoms with van der Waals surface area (Å²) in [6, 6.07) is 0. The lowest BCUT2D eigenvalue weighted by molar-refractivity contribution is -0.134. The van der Waals surface area contributed by atoms with Crippen molar-refractivity contribution in [2.24, 2.45) is 14.1 Å². The number of nitrogens with zero attached hydrogens (tertiary/aromatic N) is 8. The highest BCUT2D eigenvalue weighted by molar-refractivity contribution is 5.90. The molecular formula is C27H36N8O12. The maximum absolute atomic E-state index is 12.5. The number of hydrogen-bond donors (Lipinski definition) is 5. The Labute approximate surface area is 265 Å². The molecule has 1 aliphatic rings. The molecule has 4 rings (SSSR count). The molecule has 1 aliphatic heterocycles. The molecule has 0 spiro atoms. The van der Waals surface area contributed by atoms with Gasteiger partial charge in [-0.1, -0.05) is 5.16 Å². The van der Waals surface area contributed by atoms with Crippen LogP contribution in [0, 0.1) is 0 Å². The maximum atomic E-state index is 12.5. The molecule has 47 heavy (non-hydrogen) atoms. The monoisotopic (exact) mass is 664 g/mol. The predicted octanol–water partition coefficient (Wildman–Crippen LogP) is -2.37. The Bertz CT molecular complexity index is 1660. The second-order valence-corrected chi connectivity index (χ2v) is 10.2. The highest BCUT2D eigenvalue weighted by Crippen LogP contribution is 2.10. The number of hydrogen-bond acceptors (Lipinski definition) is 13. The van der Waals surface area contributed by atoms with Gasteiger partial charge >= 0.3 is 29.6 Å². The van der Waals surface area contributed by atoms with E-state index < -0.39 is 41.2 Å². The minimum Gasteiger partial charge on any atom is -0.478 e. The van der Waals surface area contributed by atoms with Crippen molar-refractivity contribution in [1.29, 1.82) is 0 Å². The van der Waals surface area contributed by atoms with Crippen molar-refractivity contribution in [2.75, 3.05) is 39.8 Å². The fraction of sp³-hybridized carbons (Fsp3) is 0.444. The summed E-state index contributed by atoms with van der Waals surface area (Å²) in [5.74, 6) is -4.05. The molecule has 1 saturated heterocycles. The third-order valence-corrected chi connectivity index (χ3v) is 6.53. The van der Waals surface area contributed by atoms with Crippen LogP contribution in [0.25, 0.3) is 11.2 Å². The van der Waals surface area contributed by atoms with Gasteiger partial charge in [0, 0.05) is 84.0 Å². The number of carboxylic acids is 4. The van der Waals surface area contributed by atoms with Gasteiger partial charge in [0.25, 0.3) is 5.56 Å². The van der Waals surface area contributed by atoms with E-state index in [1.165, 1.54) is 17.9 Å². The van der Waals surface area contributed by atoms with Gasteiger partial charge in [0.2, 0.25) is 5.89 Å². The number of aliphatic hydroxyl groups is 1. The van der Waals surface area contributed by atoms with Crippen molar-refractivity contribution in [1.82, 2.24) is 38.6 Å². The van der Waals surface area contributed by atoms with Gasteiger partial charge < -0.3 is 44.4 Å². The first-order valence-corrected chi connectivity index (χ1v) is 13.9. The van der Waals surface area contributed by atoms with Crippen LogP contribution in [-0.2, 0) is 52.7 Å². The largest absolute Gasteiger partial charge is 0.478 e. The summed E-state index contributed by atoms with van der Waals surface area (Å²) in [7, 11) is 5.10. The highest BCUT2D eigenvalue weighted by atomic mass is 16.5. The van der Waals surface area contributed by atoms with Crippen LogP contribution in [0.1, 0.15) is 11.7 Å². The summed E-state index contributed by atoms with van der Waals surface area (Å²) < 4.78 is 9.22. The first kappa shape index (κ1) is 37.7. The van der Waals surface area contributed by atoms with E-state index in [2.05, 4.69) is 32.0 Å². The lowest BCUT2D eigenvalue weighted by Crippen LogP contribution is -2.45. The van der Waals surface area contributed by atoms with Crippen molar-refractivity contribution in [3.05, 3.63) is 63.2 Å². The minimum absolute atomic E-state index is 0.120. The molecule has 1 unspecified atom stereocenters. The van der Waals surface area contributed by atoms with Gasteiger partial charge in [-0.15, -0.1) is 0 Å². The normalized spacial score (nSPS) is 14.4. The van der Waals surface area contributed by atoms with Gasteiger partial charge in [0.05, 0.1) is 19.0 Å². The van der Waals surface area contributed by atoms with Crippen LogP contribution in [-0.4, -0.2) is 134 Å². The molecule has 4 heterocycles.